The van der Waals surface area contributed by atoms with Crippen LogP contribution in [0.1, 0.15) is 23.9 Å². The van der Waals surface area contributed by atoms with Gasteiger partial charge in [0.15, 0.2) is 0 Å². The molecule has 0 radical (unpaired) electrons. The van der Waals surface area contributed by atoms with Crippen LogP contribution in [0.2, 0.25) is 0 Å². The predicted octanol–water partition coefficient (Wildman–Crippen LogP) is 0.358. The quantitative estimate of drug-likeness (QED) is 0.816. The van der Waals surface area contributed by atoms with Crippen molar-refractivity contribution in [2.75, 3.05) is 19.6 Å². The minimum absolute atomic E-state index is 0.0248. The number of carbonyl (C=O) groups is 3. The van der Waals surface area contributed by atoms with Crippen LogP contribution in [-0.4, -0.2) is 52.3 Å². The van der Waals surface area contributed by atoms with Crippen LogP contribution in [0.4, 0.5) is 4.79 Å². The van der Waals surface area contributed by atoms with Crippen LogP contribution in [0, 0.1) is 0 Å². The second kappa shape index (κ2) is 5.20. The predicted molar refractivity (Wildman–Crippen MR) is 70.9 cm³/mol. The van der Waals surface area contributed by atoms with E-state index in [1.54, 1.807) is 11.1 Å². The fourth-order valence-electron chi connectivity index (χ4n) is 2.56. The Morgan fingerprint density at radius 3 is 3.00 bits per heavy atom. The number of likely N-dealkylation sites (tertiary alicyclic amines) is 1. The van der Waals surface area contributed by atoms with Gasteiger partial charge in [-0.05, 0) is 12.8 Å². The number of nitrogens with zero attached hydrogens (tertiary/aromatic N) is 3. The molecule has 1 N–H and O–H groups in total. The molecule has 1 aromatic heterocycles. The number of amides is 4. The van der Waals surface area contributed by atoms with Gasteiger partial charge in [-0.15, -0.1) is 11.3 Å². The number of hydrogen-bond donors (Lipinski definition) is 1. The van der Waals surface area contributed by atoms with Crippen molar-refractivity contribution in [2.24, 2.45) is 0 Å². The van der Waals surface area contributed by atoms with Crippen LogP contribution in [0.15, 0.2) is 11.6 Å². The van der Waals surface area contributed by atoms with E-state index in [1.807, 2.05) is 5.38 Å². The zero-order chi connectivity index (χ0) is 14.1. The summed E-state index contributed by atoms with van der Waals surface area (Å²) >= 11 is 1.52. The van der Waals surface area contributed by atoms with E-state index in [4.69, 9.17) is 0 Å². The summed E-state index contributed by atoms with van der Waals surface area (Å²) in [6.45, 7) is 0.432. The highest BCUT2D eigenvalue weighted by Gasteiger charge is 2.36. The molecular formula is C12H14N4O3S. The minimum Gasteiger partial charge on any atom is -0.332 e. The summed E-state index contributed by atoms with van der Waals surface area (Å²) in [4.78, 5) is 42.2. The maximum atomic E-state index is 12.3. The van der Waals surface area contributed by atoms with Crippen LogP contribution >= 0.6 is 11.3 Å². The van der Waals surface area contributed by atoms with Gasteiger partial charge in [0.2, 0.25) is 5.91 Å². The lowest BCUT2D eigenvalue weighted by Crippen LogP contribution is -2.42. The zero-order valence-corrected chi connectivity index (χ0v) is 11.6. The Morgan fingerprint density at radius 2 is 2.35 bits per heavy atom. The summed E-state index contributed by atoms with van der Waals surface area (Å²) in [7, 11) is 0. The molecule has 1 aromatic rings. The second-order valence-corrected chi connectivity index (χ2v) is 5.68. The normalized spacial score (nSPS) is 22.5. The molecule has 0 spiro atoms. The van der Waals surface area contributed by atoms with E-state index in [1.165, 1.54) is 11.3 Å². The van der Waals surface area contributed by atoms with Crippen molar-refractivity contribution in [1.82, 2.24) is 20.1 Å². The lowest BCUT2D eigenvalue weighted by Gasteiger charge is -2.24. The molecule has 8 heteroatoms. The van der Waals surface area contributed by atoms with E-state index < -0.39 is 6.03 Å². The fourth-order valence-corrected chi connectivity index (χ4v) is 3.35. The van der Waals surface area contributed by atoms with Gasteiger partial charge in [-0.2, -0.15) is 0 Å². The van der Waals surface area contributed by atoms with E-state index >= 15 is 0 Å². The topological polar surface area (TPSA) is 82.6 Å². The molecule has 2 fully saturated rings. The molecular weight excluding hydrogens is 280 g/mol. The van der Waals surface area contributed by atoms with Gasteiger partial charge in [0.05, 0.1) is 12.6 Å². The Balaban J connectivity index is 1.70. The van der Waals surface area contributed by atoms with Gasteiger partial charge in [-0.1, -0.05) is 0 Å². The Hall–Kier alpha value is -1.96. The van der Waals surface area contributed by atoms with E-state index in [0.29, 0.717) is 6.54 Å². The van der Waals surface area contributed by atoms with Crippen LogP contribution in [0.25, 0.3) is 0 Å². The monoisotopic (exact) mass is 294 g/mol. The van der Waals surface area contributed by atoms with Gasteiger partial charge in [0.25, 0.3) is 5.91 Å². The molecule has 0 unspecified atom stereocenters. The molecule has 0 aromatic carbocycles. The Labute approximate surface area is 119 Å². The van der Waals surface area contributed by atoms with Crippen molar-refractivity contribution >= 4 is 29.2 Å². The molecule has 0 aliphatic carbocycles. The first-order valence-corrected chi connectivity index (χ1v) is 7.32. The van der Waals surface area contributed by atoms with E-state index in [0.717, 1.165) is 22.7 Å². The highest BCUT2D eigenvalue weighted by molar-refractivity contribution is 7.09. The molecule has 4 amide bonds. The standard InChI is InChI=1S/C12H14N4O3S/c17-9-6-14-12(19)16(9)7-10(18)15-4-1-2-8(15)11-13-3-5-20-11/h3,5,8H,1-2,4,6-7H2,(H,14,19)/t8-/m1/s1. The lowest BCUT2D eigenvalue weighted by atomic mass is 10.2. The van der Waals surface area contributed by atoms with Crippen molar-refractivity contribution in [3.63, 3.8) is 0 Å². The Bertz CT molecular complexity index is 529. The molecule has 0 bridgehead atoms. The maximum Gasteiger partial charge on any atom is 0.325 e. The first-order chi connectivity index (χ1) is 9.66. The number of carbonyl (C=O) groups excluding carboxylic acids is 3. The zero-order valence-electron chi connectivity index (χ0n) is 10.7. The average molecular weight is 294 g/mol. The van der Waals surface area contributed by atoms with Crippen molar-refractivity contribution < 1.29 is 14.4 Å². The molecule has 3 heterocycles. The third-order valence-corrected chi connectivity index (χ3v) is 4.42. The third kappa shape index (κ3) is 2.26. The number of thiazole rings is 1. The van der Waals surface area contributed by atoms with E-state index in [9.17, 15) is 14.4 Å². The molecule has 2 saturated heterocycles. The number of urea groups is 1. The van der Waals surface area contributed by atoms with Crippen LogP contribution in [0.5, 0.6) is 0 Å². The van der Waals surface area contributed by atoms with Crippen molar-refractivity contribution in [3.8, 4) is 0 Å². The first kappa shape index (κ1) is 13.0. The highest BCUT2D eigenvalue weighted by Crippen LogP contribution is 2.33. The smallest absolute Gasteiger partial charge is 0.325 e. The van der Waals surface area contributed by atoms with Crippen LogP contribution in [0.3, 0.4) is 0 Å². The van der Waals surface area contributed by atoms with Gasteiger partial charge in [-0.25, -0.2) is 9.78 Å². The summed E-state index contributed by atoms with van der Waals surface area (Å²) in [5, 5.41) is 5.20. The van der Waals surface area contributed by atoms with Gasteiger partial charge in [0.1, 0.15) is 11.6 Å². The van der Waals surface area contributed by atoms with E-state index in [-0.39, 0.29) is 30.9 Å². The molecule has 20 heavy (non-hydrogen) atoms. The summed E-state index contributed by atoms with van der Waals surface area (Å²) in [5.41, 5.74) is 0. The molecule has 106 valence electrons. The Kier molecular flexibility index (Phi) is 3.39. The van der Waals surface area contributed by atoms with Gasteiger partial charge in [-0.3, -0.25) is 14.5 Å². The average Bonchev–Trinajstić information content (AvgIpc) is 3.13. The number of nitrogens with one attached hydrogen (secondary N) is 1. The number of rotatable bonds is 3. The van der Waals surface area contributed by atoms with Crippen LogP contribution < -0.4 is 5.32 Å². The summed E-state index contributed by atoms with van der Waals surface area (Å²) in [6, 6.07) is -0.517. The van der Waals surface area contributed by atoms with Crippen LogP contribution in [-0.2, 0) is 9.59 Å². The largest absolute Gasteiger partial charge is 0.332 e. The molecule has 1 atom stereocenters. The van der Waals surface area contributed by atoms with Gasteiger partial charge < -0.3 is 10.2 Å². The summed E-state index contributed by atoms with van der Waals surface area (Å²) in [5.74, 6) is -0.554. The first-order valence-electron chi connectivity index (χ1n) is 6.44. The third-order valence-electron chi connectivity index (χ3n) is 3.54. The number of aromatic nitrogens is 1. The molecule has 2 aliphatic rings. The molecule has 2 aliphatic heterocycles. The van der Waals surface area contributed by atoms with Crippen molar-refractivity contribution in [3.05, 3.63) is 16.6 Å². The summed E-state index contributed by atoms with van der Waals surface area (Å²) in [6.07, 6.45) is 3.51. The summed E-state index contributed by atoms with van der Waals surface area (Å²) < 4.78 is 0. The Morgan fingerprint density at radius 1 is 1.50 bits per heavy atom. The lowest BCUT2D eigenvalue weighted by molar-refractivity contribution is -0.137. The molecule has 7 nitrogen and oxygen atoms in total. The fraction of sp³-hybridized carbons (Fsp3) is 0.500. The van der Waals surface area contributed by atoms with Crippen molar-refractivity contribution in [1.29, 1.82) is 0 Å². The van der Waals surface area contributed by atoms with Gasteiger partial charge in [0, 0.05) is 18.1 Å². The highest BCUT2D eigenvalue weighted by atomic mass is 32.1. The van der Waals surface area contributed by atoms with Gasteiger partial charge >= 0.3 is 6.03 Å². The minimum atomic E-state index is -0.492. The molecule has 0 saturated carbocycles. The van der Waals surface area contributed by atoms with Crippen molar-refractivity contribution in [2.45, 2.75) is 18.9 Å². The van der Waals surface area contributed by atoms with E-state index in [2.05, 4.69) is 10.3 Å². The SMILES string of the molecule is O=C1CNC(=O)N1CC(=O)N1CCC[C@@H]1c1nccs1. The second-order valence-electron chi connectivity index (χ2n) is 4.75. The number of imide groups is 1. The maximum absolute atomic E-state index is 12.3. The number of hydrogen-bond acceptors (Lipinski definition) is 5. The molecule has 3 rings (SSSR count).